The summed E-state index contributed by atoms with van der Waals surface area (Å²) < 4.78 is 5.70. The molecule has 1 heterocycles. The minimum absolute atomic E-state index is 0.0409. The first kappa shape index (κ1) is 15.1. The SMILES string of the molecule is NC(Cc1cc2ccccc2o1)C(=O)N[C@@H]1CCC[C@@H]1CO. The summed E-state index contributed by atoms with van der Waals surface area (Å²) in [4.78, 5) is 12.2. The zero-order valence-corrected chi connectivity index (χ0v) is 12.5. The molecule has 5 heteroatoms. The first-order valence-electron chi connectivity index (χ1n) is 7.81. The molecule has 0 bridgehead atoms. The number of fused-ring (bicyclic) bond motifs is 1. The van der Waals surface area contributed by atoms with Crippen LogP contribution in [0.4, 0.5) is 0 Å². The molecule has 0 aliphatic heterocycles. The Morgan fingerprint density at radius 1 is 1.41 bits per heavy atom. The van der Waals surface area contributed by atoms with E-state index in [4.69, 9.17) is 10.2 Å². The molecule has 2 aromatic rings. The molecule has 22 heavy (non-hydrogen) atoms. The molecule has 0 saturated heterocycles. The van der Waals surface area contributed by atoms with Crippen LogP contribution in [-0.4, -0.2) is 29.7 Å². The zero-order valence-electron chi connectivity index (χ0n) is 12.5. The summed E-state index contributed by atoms with van der Waals surface area (Å²) in [5.74, 6) is 0.696. The largest absolute Gasteiger partial charge is 0.461 e. The van der Waals surface area contributed by atoms with Crippen molar-refractivity contribution in [1.29, 1.82) is 0 Å². The Bertz CT molecular complexity index is 619. The number of nitrogens with two attached hydrogens (primary N) is 1. The number of rotatable bonds is 5. The van der Waals surface area contributed by atoms with Gasteiger partial charge in [0.05, 0.1) is 6.04 Å². The van der Waals surface area contributed by atoms with E-state index in [-0.39, 0.29) is 24.5 Å². The molecule has 1 saturated carbocycles. The Labute approximate surface area is 129 Å². The summed E-state index contributed by atoms with van der Waals surface area (Å²) in [7, 11) is 0. The summed E-state index contributed by atoms with van der Waals surface area (Å²) in [6.07, 6.45) is 3.28. The molecular weight excluding hydrogens is 280 g/mol. The maximum Gasteiger partial charge on any atom is 0.237 e. The molecule has 1 unspecified atom stereocenters. The second-order valence-electron chi connectivity index (χ2n) is 6.05. The van der Waals surface area contributed by atoms with Gasteiger partial charge in [-0.1, -0.05) is 24.6 Å². The number of benzene rings is 1. The molecule has 1 aromatic carbocycles. The first-order valence-corrected chi connectivity index (χ1v) is 7.81. The number of amides is 1. The predicted octanol–water partition coefficient (Wildman–Crippen LogP) is 1.58. The Hall–Kier alpha value is -1.85. The van der Waals surface area contributed by atoms with Crippen LogP contribution in [0.3, 0.4) is 0 Å². The van der Waals surface area contributed by atoms with Crippen LogP contribution < -0.4 is 11.1 Å². The molecule has 4 N–H and O–H groups in total. The van der Waals surface area contributed by atoms with Gasteiger partial charge in [-0.05, 0) is 25.0 Å². The number of furan rings is 1. The average molecular weight is 302 g/mol. The molecule has 118 valence electrons. The van der Waals surface area contributed by atoms with Crippen LogP contribution in [0, 0.1) is 5.92 Å². The highest BCUT2D eigenvalue weighted by molar-refractivity contribution is 5.82. The van der Waals surface area contributed by atoms with Gasteiger partial charge in [-0.25, -0.2) is 0 Å². The van der Waals surface area contributed by atoms with Gasteiger partial charge in [-0.3, -0.25) is 4.79 Å². The number of hydrogen-bond acceptors (Lipinski definition) is 4. The van der Waals surface area contributed by atoms with Crippen molar-refractivity contribution in [3.05, 3.63) is 36.1 Å². The summed E-state index contributed by atoms with van der Waals surface area (Å²) in [5, 5.41) is 13.3. The van der Waals surface area contributed by atoms with Crippen LogP contribution in [0.25, 0.3) is 11.0 Å². The summed E-state index contributed by atoms with van der Waals surface area (Å²) in [6.45, 7) is 0.115. The number of hydrogen-bond donors (Lipinski definition) is 3. The molecule has 1 aliphatic carbocycles. The second-order valence-corrected chi connectivity index (χ2v) is 6.05. The number of nitrogens with one attached hydrogen (secondary N) is 1. The van der Waals surface area contributed by atoms with Crippen molar-refractivity contribution in [2.45, 2.75) is 37.8 Å². The molecule has 3 rings (SSSR count). The number of aliphatic hydroxyl groups is 1. The number of carbonyl (C=O) groups is 1. The molecule has 0 radical (unpaired) electrons. The maximum atomic E-state index is 12.2. The van der Waals surface area contributed by atoms with Crippen LogP contribution >= 0.6 is 0 Å². The van der Waals surface area contributed by atoms with Crippen LogP contribution in [0.1, 0.15) is 25.0 Å². The van der Waals surface area contributed by atoms with Crippen molar-refractivity contribution in [2.24, 2.45) is 11.7 Å². The van der Waals surface area contributed by atoms with Gasteiger partial charge in [-0.15, -0.1) is 0 Å². The zero-order chi connectivity index (χ0) is 15.5. The van der Waals surface area contributed by atoms with E-state index in [9.17, 15) is 9.90 Å². The van der Waals surface area contributed by atoms with Crippen LogP contribution in [0.2, 0.25) is 0 Å². The van der Waals surface area contributed by atoms with Gasteiger partial charge in [0, 0.05) is 30.4 Å². The van der Waals surface area contributed by atoms with Crippen molar-refractivity contribution in [2.75, 3.05) is 6.61 Å². The van der Waals surface area contributed by atoms with Crippen LogP contribution in [0.15, 0.2) is 34.7 Å². The summed E-state index contributed by atoms with van der Waals surface area (Å²) in [5.41, 5.74) is 6.81. The van der Waals surface area contributed by atoms with E-state index < -0.39 is 6.04 Å². The number of para-hydroxylation sites is 1. The van der Waals surface area contributed by atoms with Gasteiger partial charge in [0.2, 0.25) is 5.91 Å². The summed E-state index contributed by atoms with van der Waals surface area (Å²) >= 11 is 0. The van der Waals surface area contributed by atoms with Gasteiger partial charge >= 0.3 is 0 Å². The van der Waals surface area contributed by atoms with E-state index in [1.54, 1.807) is 0 Å². The Balaban J connectivity index is 1.61. The van der Waals surface area contributed by atoms with Gasteiger partial charge in [0.25, 0.3) is 0 Å². The lowest BCUT2D eigenvalue weighted by molar-refractivity contribution is -0.123. The van der Waals surface area contributed by atoms with Crippen molar-refractivity contribution in [1.82, 2.24) is 5.32 Å². The normalized spacial score (nSPS) is 22.8. The Morgan fingerprint density at radius 2 is 2.23 bits per heavy atom. The van der Waals surface area contributed by atoms with E-state index >= 15 is 0 Å². The standard InChI is InChI=1S/C17H22N2O3/c18-14(17(21)19-15-6-3-5-12(15)10-20)9-13-8-11-4-1-2-7-16(11)22-13/h1-2,4,7-8,12,14-15,20H,3,5-6,9-10,18H2,(H,19,21)/t12-,14?,15-/m1/s1. The van der Waals surface area contributed by atoms with E-state index in [0.29, 0.717) is 12.2 Å². The third kappa shape index (κ3) is 3.15. The molecule has 1 aromatic heterocycles. The summed E-state index contributed by atoms with van der Waals surface area (Å²) in [6, 6.07) is 9.06. The highest BCUT2D eigenvalue weighted by atomic mass is 16.3. The monoisotopic (exact) mass is 302 g/mol. The number of aliphatic hydroxyl groups excluding tert-OH is 1. The highest BCUT2D eigenvalue weighted by Gasteiger charge is 2.29. The molecule has 1 aliphatic rings. The fourth-order valence-corrected chi connectivity index (χ4v) is 3.18. The minimum Gasteiger partial charge on any atom is -0.461 e. The van der Waals surface area contributed by atoms with E-state index in [0.717, 1.165) is 30.2 Å². The number of carbonyl (C=O) groups excluding carboxylic acids is 1. The molecule has 5 nitrogen and oxygen atoms in total. The van der Waals surface area contributed by atoms with E-state index in [1.807, 2.05) is 30.3 Å². The third-order valence-corrected chi connectivity index (χ3v) is 4.46. The minimum atomic E-state index is -0.638. The van der Waals surface area contributed by atoms with E-state index in [2.05, 4.69) is 5.32 Å². The van der Waals surface area contributed by atoms with Crippen LogP contribution in [0.5, 0.6) is 0 Å². The van der Waals surface area contributed by atoms with Crippen molar-refractivity contribution < 1.29 is 14.3 Å². The molecule has 1 amide bonds. The van der Waals surface area contributed by atoms with Gasteiger partial charge in [0.15, 0.2) is 0 Å². The third-order valence-electron chi connectivity index (χ3n) is 4.46. The fraction of sp³-hybridized carbons (Fsp3) is 0.471. The van der Waals surface area contributed by atoms with E-state index in [1.165, 1.54) is 0 Å². The van der Waals surface area contributed by atoms with Crippen molar-refractivity contribution >= 4 is 16.9 Å². The van der Waals surface area contributed by atoms with Crippen molar-refractivity contribution in [3.8, 4) is 0 Å². The molecule has 0 spiro atoms. The second kappa shape index (κ2) is 6.50. The molecule has 3 atom stereocenters. The lowest BCUT2D eigenvalue weighted by atomic mass is 10.0. The quantitative estimate of drug-likeness (QED) is 0.782. The Morgan fingerprint density at radius 3 is 3.00 bits per heavy atom. The maximum absolute atomic E-state index is 12.2. The smallest absolute Gasteiger partial charge is 0.237 e. The van der Waals surface area contributed by atoms with Crippen LogP contribution in [-0.2, 0) is 11.2 Å². The fourth-order valence-electron chi connectivity index (χ4n) is 3.18. The van der Waals surface area contributed by atoms with Crippen molar-refractivity contribution in [3.63, 3.8) is 0 Å². The van der Waals surface area contributed by atoms with Gasteiger partial charge in [0.1, 0.15) is 11.3 Å². The van der Waals surface area contributed by atoms with Gasteiger partial charge in [-0.2, -0.15) is 0 Å². The lowest BCUT2D eigenvalue weighted by Gasteiger charge is -2.21. The lowest BCUT2D eigenvalue weighted by Crippen LogP contribution is -2.48. The predicted molar refractivity (Wildman–Crippen MR) is 84.3 cm³/mol. The first-order chi connectivity index (χ1) is 10.7. The topological polar surface area (TPSA) is 88.5 Å². The molecular formula is C17H22N2O3. The molecule has 1 fully saturated rings. The van der Waals surface area contributed by atoms with Gasteiger partial charge < -0.3 is 20.6 Å². The highest BCUT2D eigenvalue weighted by Crippen LogP contribution is 2.25. The average Bonchev–Trinajstić information content (AvgIpc) is 3.12. The Kier molecular flexibility index (Phi) is 4.45.